The summed E-state index contributed by atoms with van der Waals surface area (Å²) in [6, 6.07) is 8.40. The minimum atomic E-state index is -0.416. The van der Waals surface area contributed by atoms with Gasteiger partial charge in [-0.25, -0.2) is 0 Å². The Morgan fingerprint density at radius 1 is 1.58 bits per heavy atom. The lowest BCUT2D eigenvalue weighted by molar-refractivity contribution is 0.100. The maximum atomic E-state index is 10.9. The van der Waals surface area contributed by atoms with Gasteiger partial charge in [0.1, 0.15) is 0 Å². The largest absolute Gasteiger partial charge is 0.366 e. The van der Waals surface area contributed by atoms with Gasteiger partial charge in [-0.2, -0.15) is 0 Å². The number of nitrogens with one attached hydrogen (secondary N) is 1. The maximum absolute atomic E-state index is 10.9. The van der Waals surface area contributed by atoms with Gasteiger partial charge in [-0.3, -0.25) is 4.79 Å². The van der Waals surface area contributed by atoms with Gasteiger partial charge in [-0.15, -0.1) is 0 Å². The molecule has 59 valence electrons. The molecule has 0 spiro atoms. The number of hydrogen-bond donors (Lipinski definition) is 2. The zero-order chi connectivity index (χ0) is 8.55. The number of carbonyl (C=O) groups excluding carboxylic acids is 1. The molecule has 3 nitrogen and oxygen atoms in total. The molecule has 2 aromatic rings. The Morgan fingerprint density at radius 2 is 2.42 bits per heavy atom. The van der Waals surface area contributed by atoms with Gasteiger partial charge in [0.25, 0.3) is 5.91 Å². The average molecular weight is 159 g/mol. The zero-order valence-electron chi connectivity index (χ0n) is 6.29. The minimum absolute atomic E-state index is 0.416. The van der Waals surface area contributed by atoms with Gasteiger partial charge in [-0.05, 0) is 0 Å². The van der Waals surface area contributed by atoms with Crippen LogP contribution in [-0.4, -0.2) is 10.9 Å². The third-order valence-corrected chi connectivity index (χ3v) is 1.77. The highest BCUT2D eigenvalue weighted by atomic mass is 16.1. The predicted octanol–water partition coefficient (Wildman–Crippen LogP) is 1.07. The summed E-state index contributed by atoms with van der Waals surface area (Å²) in [5.74, 6) is -0.416. The summed E-state index contributed by atoms with van der Waals surface area (Å²) in [5, 5.41) is 0.824. The number of rotatable bonds is 1. The first-order valence-electron chi connectivity index (χ1n) is 3.56. The van der Waals surface area contributed by atoms with Crippen LogP contribution < -0.4 is 5.73 Å². The third-order valence-electron chi connectivity index (χ3n) is 1.77. The quantitative estimate of drug-likeness (QED) is 0.642. The lowest BCUT2D eigenvalue weighted by atomic mass is 10.2. The molecule has 0 saturated carbocycles. The second-order valence-electron chi connectivity index (χ2n) is 2.53. The van der Waals surface area contributed by atoms with Gasteiger partial charge in [0.05, 0.1) is 11.1 Å². The smallest absolute Gasteiger partial charge is 0.250 e. The monoisotopic (exact) mass is 159 g/mol. The second-order valence-corrected chi connectivity index (χ2v) is 2.53. The Kier molecular flexibility index (Phi) is 1.37. The third kappa shape index (κ3) is 0.871. The van der Waals surface area contributed by atoms with Crippen molar-refractivity contribution in [3.63, 3.8) is 0 Å². The highest BCUT2D eigenvalue weighted by Gasteiger charge is 2.06. The first kappa shape index (κ1) is 6.91. The van der Waals surface area contributed by atoms with Crippen molar-refractivity contribution >= 4 is 16.8 Å². The van der Waals surface area contributed by atoms with E-state index < -0.39 is 5.91 Å². The molecule has 1 heterocycles. The van der Waals surface area contributed by atoms with Crippen molar-refractivity contribution in [3.8, 4) is 0 Å². The standard InChI is InChI=1S/C9H7N2O/c10-9(12)7-5-11-8-4-2-1-3-6(7)8/h1-3,5,11H,(H2,10,12). The van der Waals surface area contributed by atoms with Crippen molar-refractivity contribution in [1.82, 2.24) is 4.98 Å². The molecule has 0 bridgehead atoms. The van der Waals surface area contributed by atoms with E-state index in [1.54, 1.807) is 12.3 Å². The zero-order valence-corrected chi connectivity index (χ0v) is 6.29. The number of primary amides is 1. The van der Waals surface area contributed by atoms with Gasteiger partial charge >= 0.3 is 0 Å². The van der Waals surface area contributed by atoms with E-state index in [0.717, 1.165) is 10.9 Å². The van der Waals surface area contributed by atoms with E-state index in [0.29, 0.717) is 5.56 Å². The number of carbonyl (C=O) groups is 1. The molecule has 1 amide bonds. The molecule has 3 N–H and O–H groups in total. The van der Waals surface area contributed by atoms with Gasteiger partial charge in [0.2, 0.25) is 0 Å². The molecule has 0 aliphatic heterocycles. The molecule has 0 aliphatic carbocycles. The molecular formula is C9H7N2O. The fourth-order valence-electron chi connectivity index (χ4n) is 1.21. The van der Waals surface area contributed by atoms with Crippen LogP contribution in [0, 0.1) is 6.07 Å². The van der Waals surface area contributed by atoms with E-state index in [4.69, 9.17) is 5.73 Å². The molecule has 1 radical (unpaired) electrons. The molecular weight excluding hydrogens is 152 g/mol. The summed E-state index contributed by atoms with van der Waals surface area (Å²) in [5.41, 5.74) is 6.48. The first-order chi connectivity index (χ1) is 5.79. The van der Waals surface area contributed by atoms with Gasteiger partial charge in [-0.1, -0.05) is 18.2 Å². The number of benzene rings is 1. The van der Waals surface area contributed by atoms with E-state index in [-0.39, 0.29) is 0 Å². The highest BCUT2D eigenvalue weighted by molar-refractivity contribution is 6.05. The Labute approximate surface area is 69.2 Å². The number of para-hydroxylation sites is 1. The van der Waals surface area contributed by atoms with Crippen molar-refractivity contribution in [2.45, 2.75) is 0 Å². The van der Waals surface area contributed by atoms with Crippen LogP contribution >= 0.6 is 0 Å². The molecule has 0 saturated heterocycles. The number of nitrogens with two attached hydrogens (primary N) is 1. The van der Waals surface area contributed by atoms with Crippen molar-refractivity contribution in [2.24, 2.45) is 5.73 Å². The van der Waals surface area contributed by atoms with E-state index in [1.165, 1.54) is 0 Å². The van der Waals surface area contributed by atoms with E-state index in [1.807, 2.05) is 12.1 Å². The summed E-state index contributed by atoms with van der Waals surface area (Å²) < 4.78 is 0. The molecule has 3 heteroatoms. The molecule has 1 aromatic heterocycles. The van der Waals surface area contributed by atoms with Crippen LogP contribution in [0.15, 0.2) is 24.4 Å². The molecule has 0 atom stereocenters. The number of H-pyrrole nitrogens is 1. The Morgan fingerprint density at radius 3 is 3.17 bits per heavy atom. The summed E-state index contributed by atoms with van der Waals surface area (Å²) >= 11 is 0. The first-order valence-corrected chi connectivity index (χ1v) is 3.56. The number of aromatic nitrogens is 1. The normalized spacial score (nSPS) is 10.3. The van der Waals surface area contributed by atoms with Gasteiger partial charge in [0.15, 0.2) is 0 Å². The van der Waals surface area contributed by atoms with Crippen LogP contribution in [-0.2, 0) is 0 Å². The lowest BCUT2D eigenvalue weighted by Gasteiger charge is -1.89. The van der Waals surface area contributed by atoms with E-state index in [2.05, 4.69) is 11.1 Å². The summed E-state index contributed by atoms with van der Waals surface area (Å²) in [6.45, 7) is 0. The molecule has 1 aromatic carbocycles. The Balaban J connectivity index is 2.79. The summed E-state index contributed by atoms with van der Waals surface area (Å²) in [6.07, 6.45) is 1.60. The Bertz CT molecular complexity index is 431. The molecule has 2 rings (SSSR count). The van der Waals surface area contributed by atoms with Crippen molar-refractivity contribution in [1.29, 1.82) is 0 Å². The molecule has 0 fully saturated rings. The van der Waals surface area contributed by atoms with Crippen LogP contribution in [0.3, 0.4) is 0 Å². The molecule has 0 unspecified atom stereocenters. The van der Waals surface area contributed by atoms with Crippen LogP contribution in [0.25, 0.3) is 10.9 Å². The fourth-order valence-corrected chi connectivity index (χ4v) is 1.21. The highest BCUT2D eigenvalue weighted by Crippen LogP contribution is 2.15. The minimum Gasteiger partial charge on any atom is -0.366 e. The number of aromatic amines is 1. The van der Waals surface area contributed by atoms with Crippen LogP contribution in [0.2, 0.25) is 0 Å². The van der Waals surface area contributed by atoms with Crippen LogP contribution in [0.1, 0.15) is 10.4 Å². The van der Waals surface area contributed by atoms with E-state index >= 15 is 0 Å². The SMILES string of the molecule is NC(=O)c1c[nH]c2[c]cccc12. The van der Waals surface area contributed by atoms with Crippen molar-refractivity contribution in [2.75, 3.05) is 0 Å². The van der Waals surface area contributed by atoms with Gasteiger partial charge in [0, 0.05) is 17.6 Å². The summed E-state index contributed by atoms with van der Waals surface area (Å²) in [4.78, 5) is 13.8. The van der Waals surface area contributed by atoms with E-state index in [9.17, 15) is 4.79 Å². The summed E-state index contributed by atoms with van der Waals surface area (Å²) in [7, 11) is 0. The fraction of sp³-hybridized carbons (Fsp3) is 0. The molecule has 12 heavy (non-hydrogen) atoms. The molecule has 0 aliphatic rings. The predicted molar refractivity (Wildman–Crippen MR) is 45.7 cm³/mol. The maximum Gasteiger partial charge on any atom is 0.250 e. The van der Waals surface area contributed by atoms with Crippen molar-refractivity contribution < 1.29 is 4.79 Å². The second kappa shape index (κ2) is 2.37. The Hall–Kier alpha value is -1.77. The van der Waals surface area contributed by atoms with Gasteiger partial charge < -0.3 is 10.7 Å². The lowest BCUT2D eigenvalue weighted by Crippen LogP contribution is -2.09. The van der Waals surface area contributed by atoms with Crippen LogP contribution in [0.5, 0.6) is 0 Å². The topological polar surface area (TPSA) is 58.9 Å². The number of hydrogen-bond acceptors (Lipinski definition) is 1. The number of fused-ring (bicyclic) bond motifs is 1. The average Bonchev–Trinajstić information content (AvgIpc) is 2.47. The number of amides is 1. The van der Waals surface area contributed by atoms with Crippen molar-refractivity contribution in [3.05, 3.63) is 36.0 Å². The van der Waals surface area contributed by atoms with Crippen LogP contribution in [0.4, 0.5) is 0 Å².